The van der Waals surface area contributed by atoms with Crippen molar-refractivity contribution in [1.82, 2.24) is 14.8 Å². The molecular weight excluding hydrogens is 370 g/mol. The van der Waals surface area contributed by atoms with Crippen LogP contribution in [0, 0.1) is 34.6 Å². The number of nitrogens with zero attached hydrogens (tertiary/aromatic N) is 2. The van der Waals surface area contributed by atoms with E-state index in [1.54, 1.807) is 6.08 Å². The van der Waals surface area contributed by atoms with E-state index in [-0.39, 0.29) is 16.6 Å². The molecule has 1 N–H and O–H groups in total. The van der Waals surface area contributed by atoms with Gasteiger partial charge in [-0.05, 0) is 82.6 Å². The topological polar surface area (TPSA) is 54.3 Å². The third kappa shape index (κ3) is 3.29. The normalized spacial score (nSPS) is 16.1. The molecule has 0 radical (unpaired) electrons. The summed E-state index contributed by atoms with van der Waals surface area (Å²) < 4.78 is 2.18. The SMILES string of the molecule is CCN1C(=O)/C(=C/c2cc(C)n(-c3c(C)cc(C)cc3C)c2C)C(=O)NC1=S. The van der Waals surface area contributed by atoms with Crippen molar-refractivity contribution < 1.29 is 9.59 Å². The molecule has 5 nitrogen and oxygen atoms in total. The highest BCUT2D eigenvalue weighted by atomic mass is 32.1. The van der Waals surface area contributed by atoms with Crippen LogP contribution in [0.15, 0.2) is 23.8 Å². The largest absolute Gasteiger partial charge is 0.317 e. The lowest BCUT2D eigenvalue weighted by Gasteiger charge is -2.27. The molecule has 1 aliphatic rings. The zero-order chi connectivity index (χ0) is 20.7. The van der Waals surface area contributed by atoms with Crippen LogP contribution in [0.2, 0.25) is 0 Å². The molecule has 1 aliphatic heterocycles. The number of carbonyl (C=O) groups is 2. The Labute approximate surface area is 171 Å². The first-order chi connectivity index (χ1) is 13.1. The summed E-state index contributed by atoms with van der Waals surface area (Å²) in [6.45, 7) is 12.6. The quantitative estimate of drug-likeness (QED) is 0.490. The molecule has 146 valence electrons. The van der Waals surface area contributed by atoms with Crippen LogP contribution in [0.4, 0.5) is 0 Å². The van der Waals surface area contributed by atoms with E-state index >= 15 is 0 Å². The number of benzene rings is 1. The second-order valence-corrected chi connectivity index (χ2v) is 7.66. The first-order valence-electron chi connectivity index (χ1n) is 9.31. The lowest BCUT2D eigenvalue weighted by molar-refractivity contribution is -0.128. The van der Waals surface area contributed by atoms with Crippen molar-refractivity contribution in [3.63, 3.8) is 0 Å². The molecule has 0 spiro atoms. The van der Waals surface area contributed by atoms with Gasteiger partial charge in [0.2, 0.25) is 0 Å². The molecule has 3 rings (SSSR count). The summed E-state index contributed by atoms with van der Waals surface area (Å²) in [7, 11) is 0. The Morgan fingerprint density at radius 2 is 1.64 bits per heavy atom. The molecule has 1 aromatic carbocycles. The summed E-state index contributed by atoms with van der Waals surface area (Å²) in [5, 5.41) is 2.76. The van der Waals surface area contributed by atoms with Gasteiger partial charge in [0.1, 0.15) is 5.57 Å². The van der Waals surface area contributed by atoms with Gasteiger partial charge in [-0.25, -0.2) is 0 Å². The molecule has 2 aromatic rings. The fourth-order valence-electron chi connectivity index (χ4n) is 3.94. The first-order valence-corrected chi connectivity index (χ1v) is 9.72. The summed E-state index contributed by atoms with van der Waals surface area (Å²) in [6.07, 6.45) is 1.67. The minimum absolute atomic E-state index is 0.105. The minimum atomic E-state index is -0.452. The van der Waals surface area contributed by atoms with E-state index in [1.807, 2.05) is 26.8 Å². The van der Waals surface area contributed by atoms with Gasteiger partial charge < -0.3 is 4.57 Å². The summed E-state index contributed by atoms with van der Waals surface area (Å²) >= 11 is 5.09. The van der Waals surface area contributed by atoms with E-state index in [2.05, 4.69) is 42.8 Å². The third-order valence-corrected chi connectivity index (χ3v) is 5.45. The van der Waals surface area contributed by atoms with E-state index in [1.165, 1.54) is 21.6 Å². The van der Waals surface area contributed by atoms with Crippen molar-refractivity contribution in [2.24, 2.45) is 0 Å². The third-order valence-electron chi connectivity index (χ3n) is 5.13. The van der Waals surface area contributed by atoms with Crippen molar-refractivity contribution in [2.75, 3.05) is 6.54 Å². The number of aromatic nitrogens is 1. The first kappa shape index (κ1) is 20.0. The Morgan fingerprint density at radius 1 is 1.04 bits per heavy atom. The van der Waals surface area contributed by atoms with Gasteiger partial charge in [-0.2, -0.15) is 0 Å². The van der Waals surface area contributed by atoms with Crippen LogP contribution in [0.25, 0.3) is 11.8 Å². The van der Waals surface area contributed by atoms with Gasteiger partial charge in [-0.3, -0.25) is 19.8 Å². The van der Waals surface area contributed by atoms with Crippen LogP contribution in [0.3, 0.4) is 0 Å². The molecule has 0 atom stereocenters. The molecule has 28 heavy (non-hydrogen) atoms. The molecule has 2 amide bonds. The molecule has 2 heterocycles. The number of nitrogens with one attached hydrogen (secondary N) is 1. The minimum Gasteiger partial charge on any atom is -0.317 e. The maximum absolute atomic E-state index is 12.7. The van der Waals surface area contributed by atoms with E-state index < -0.39 is 5.91 Å². The lowest BCUT2D eigenvalue weighted by atomic mass is 10.0. The Morgan fingerprint density at radius 3 is 2.21 bits per heavy atom. The van der Waals surface area contributed by atoms with Gasteiger partial charge in [0.05, 0.1) is 5.69 Å². The molecule has 0 aliphatic carbocycles. The van der Waals surface area contributed by atoms with E-state index in [4.69, 9.17) is 12.2 Å². The van der Waals surface area contributed by atoms with Gasteiger partial charge in [-0.15, -0.1) is 0 Å². The van der Waals surface area contributed by atoms with E-state index in [9.17, 15) is 9.59 Å². The number of amides is 2. The number of hydrogen-bond acceptors (Lipinski definition) is 3. The van der Waals surface area contributed by atoms with Crippen LogP contribution in [-0.2, 0) is 9.59 Å². The molecular formula is C22H25N3O2S. The average molecular weight is 396 g/mol. The van der Waals surface area contributed by atoms with E-state index in [0.717, 1.165) is 22.6 Å². The fourth-order valence-corrected chi connectivity index (χ4v) is 4.24. The molecule has 0 saturated carbocycles. The number of thiocarbonyl (C=S) groups is 1. The second-order valence-electron chi connectivity index (χ2n) is 7.28. The average Bonchev–Trinajstić information content (AvgIpc) is 2.86. The van der Waals surface area contributed by atoms with Crippen LogP contribution >= 0.6 is 12.2 Å². The summed E-state index contributed by atoms with van der Waals surface area (Å²) in [5.41, 5.74) is 7.72. The number of rotatable bonds is 3. The van der Waals surface area contributed by atoms with Gasteiger partial charge in [0.15, 0.2) is 5.11 Å². The molecule has 0 unspecified atom stereocenters. The Balaban J connectivity index is 2.13. The molecule has 1 aromatic heterocycles. The monoisotopic (exact) mass is 395 g/mol. The zero-order valence-corrected chi connectivity index (χ0v) is 18.0. The lowest BCUT2D eigenvalue weighted by Crippen LogP contribution is -2.53. The van der Waals surface area contributed by atoms with Gasteiger partial charge >= 0.3 is 0 Å². The van der Waals surface area contributed by atoms with E-state index in [0.29, 0.717) is 6.54 Å². The number of carbonyl (C=O) groups excluding carboxylic acids is 2. The number of aryl methyl sites for hydroxylation is 4. The summed E-state index contributed by atoms with van der Waals surface area (Å²) in [5.74, 6) is -0.809. The predicted octanol–water partition coefficient (Wildman–Crippen LogP) is 3.67. The standard InChI is InChI=1S/C22H25N3O2S/c1-7-24-21(27)18(20(26)23-22(24)28)11-17-10-15(5)25(16(17)6)19-13(3)8-12(2)9-14(19)4/h8-11H,7H2,1-6H3,(H,23,26,28)/b18-11+. The maximum atomic E-state index is 12.7. The van der Waals surface area contributed by atoms with Crippen LogP contribution < -0.4 is 5.32 Å². The Kier molecular flexibility index (Phi) is 5.26. The smallest absolute Gasteiger partial charge is 0.265 e. The molecule has 0 bridgehead atoms. The molecule has 6 heteroatoms. The van der Waals surface area contributed by atoms with Crippen molar-refractivity contribution in [3.05, 3.63) is 57.4 Å². The Bertz CT molecular complexity index is 1020. The van der Waals surface area contributed by atoms with Gasteiger partial charge in [0, 0.05) is 17.9 Å². The van der Waals surface area contributed by atoms with Gasteiger partial charge in [0.25, 0.3) is 11.8 Å². The predicted molar refractivity (Wildman–Crippen MR) is 116 cm³/mol. The van der Waals surface area contributed by atoms with Crippen molar-refractivity contribution in [1.29, 1.82) is 0 Å². The molecule has 1 saturated heterocycles. The highest BCUT2D eigenvalue weighted by Gasteiger charge is 2.32. The molecule has 1 fully saturated rings. The fraction of sp³-hybridized carbons (Fsp3) is 0.318. The number of hydrogen-bond donors (Lipinski definition) is 1. The van der Waals surface area contributed by atoms with Crippen LogP contribution in [-0.4, -0.2) is 32.9 Å². The zero-order valence-electron chi connectivity index (χ0n) is 17.1. The highest BCUT2D eigenvalue weighted by molar-refractivity contribution is 7.80. The van der Waals surface area contributed by atoms with Crippen molar-refractivity contribution in [3.8, 4) is 5.69 Å². The van der Waals surface area contributed by atoms with Crippen LogP contribution in [0.5, 0.6) is 0 Å². The Hall–Kier alpha value is -2.73. The van der Waals surface area contributed by atoms with Crippen LogP contribution in [0.1, 0.15) is 40.6 Å². The summed E-state index contributed by atoms with van der Waals surface area (Å²) in [4.78, 5) is 26.5. The van der Waals surface area contributed by atoms with Gasteiger partial charge in [-0.1, -0.05) is 17.7 Å². The second kappa shape index (κ2) is 7.36. The summed E-state index contributed by atoms with van der Waals surface area (Å²) in [6, 6.07) is 6.33. The van der Waals surface area contributed by atoms with Crippen molar-refractivity contribution >= 4 is 35.2 Å². The van der Waals surface area contributed by atoms with Crippen molar-refractivity contribution in [2.45, 2.75) is 41.5 Å². The maximum Gasteiger partial charge on any atom is 0.265 e. The number of likely N-dealkylation sites (N-methyl/N-ethyl adjacent to an activating group) is 1. The highest BCUT2D eigenvalue weighted by Crippen LogP contribution is 2.28.